The molecular formula is C22H14BrClN2O. The van der Waals surface area contributed by atoms with Crippen LogP contribution in [0.2, 0.25) is 5.02 Å². The lowest BCUT2D eigenvalue weighted by Gasteiger charge is -2.11. The van der Waals surface area contributed by atoms with Gasteiger partial charge in [-0.25, -0.2) is 4.98 Å². The van der Waals surface area contributed by atoms with Crippen molar-refractivity contribution in [2.45, 2.75) is 0 Å². The van der Waals surface area contributed by atoms with Crippen LogP contribution in [0, 0.1) is 0 Å². The first-order valence-corrected chi connectivity index (χ1v) is 9.50. The van der Waals surface area contributed by atoms with Gasteiger partial charge >= 0.3 is 0 Å². The van der Waals surface area contributed by atoms with E-state index >= 15 is 0 Å². The molecule has 0 aliphatic rings. The van der Waals surface area contributed by atoms with Crippen molar-refractivity contribution in [1.82, 2.24) is 4.98 Å². The van der Waals surface area contributed by atoms with E-state index in [9.17, 15) is 4.79 Å². The lowest BCUT2D eigenvalue weighted by atomic mass is 10.0. The second-order valence-corrected chi connectivity index (χ2v) is 7.40. The standard InChI is InChI=1S/C22H14BrClN2O/c23-15-6-9-17(10-7-15)25-22(27)19-13-21(14-4-2-1-3-5-14)26-20-11-8-16(24)12-18(19)20/h1-13H,(H,25,27). The van der Waals surface area contributed by atoms with Crippen LogP contribution in [0.15, 0.2) is 83.3 Å². The van der Waals surface area contributed by atoms with E-state index in [1.165, 1.54) is 0 Å². The van der Waals surface area contributed by atoms with Crippen LogP contribution in [-0.4, -0.2) is 10.9 Å². The molecule has 4 rings (SSSR count). The molecule has 0 aliphatic heterocycles. The molecule has 1 amide bonds. The number of carbonyl (C=O) groups excluding carboxylic acids is 1. The van der Waals surface area contributed by atoms with Gasteiger partial charge in [-0.3, -0.25) is 4.79 Å². The second-order valence-electron chi connectivity index (χ2n) is 6.04. The number of nitrogens with zero attached hydrogens (tertiary/aromatic N) is 1. The van der Waals surface area contributed by atoms with E-state index in [0.717, 1.165) is 32.3 Å². The third-order valence-electron chi connectivity index (χ3n) is 4.19. The normalized spacial score (nSPS) is 10.7. The molecule has 5 heteroatoms. The van der Waals surface area contributed by atoms with Gasteiger partial charge in [0.05, 0.1) is 16.8 Å². The van der Waals surface area contributed by atoms with E-state index in [2.05, 4.69) is 21.2 Å². The van der Waals surface area contributed by atoms with E-state index in [1.807, 2.05) is 66.7 Å². The van der Waals surface area contributed by atoms with Crippen LogP contribution in [0.3, 0.4) is 0 Å². The number of pyridine rings is 1. The van der Waals surface area contributed by atoms with Crippen molar-refractivity contribution in [2.75, 3.05) is 5.32 Å². The number of rotatable bonds is 3. The number of carbonyl (C=O) groups is 1. The summed E-state index contributed by atoms with van der Waals surface area (Å²) in [7, 11) is 0. The van der Waals surface area contributed by atoms with Crippen LogP contribution in [-0.2, 0) is 0 Å². The fourth-order valence-corrected chi connectivity index (χ4v) is 3.31. The number of anilines is 1. The van der Waals surface area contributed by atoms with Gasteiger partial charge < -0.3 is 5.32 Å². The Morgan fingerprint density at radius 1 is 0.926 bits per heavy atom. The van der Waals surface area contributed by atoms with Gasteiger partial charge in [-0.05, 0) is 48.5 Å². The zero-order valence-electron chi connectivity index (χ0n) is 14.1. The maximum atomic E-state index is 13.0. The van der Waals surface area contributed by atoms with Gasteiger partial charge in [-0.1, -0.05) is 57.9 Å². The van der Waals surface area contributed by atoms with E-state index < -0.39 is 0 Å². The first kappa shape index (κ1) is 17.7. The number of fused-ring (bicyclic) bond motifs is 1. The Labute approximate surface area is 170 Å². The van der Waals surface area contributed by atoms with Gasteiger partial charge in [0.2, 0.25) is 0 Å². The topological polar surface area (TPSA) is 42.0 Å². The first-order valence-electron chi connectivity index (χ1n) is 8.33. The highest BCUT2D eigenvalue weighted by Gasteiger charge is 2.15. The monoisotopic (exact) mass is 436 g/mol. The first-order chi connectivity index (χ1) is 13.1. The van der Waals surface area contributed by atoms with Crippen LogP contribution in [0.5, 0.6) is 0 Å². The minimum absolute atomic E-state index is 0.204. The SMILES string of the molecule is O=C(Nc1ccc(Br)cc1)c1cc(-c2ccccc2)nc2ccc(Cl)cc12. The predicted molar refractivity (Wildman–Crippen MR) is 114 cm³/mol. The Morgan fingerprint density at radius 3 is 2.41 bits per heavy atom. The van der Waals surface area contributed by atoms with E-state index in [4.69, 9.17) is 16.6 Å². The van der Waals surface area contributed by atoms with Crippen LogP contribution in [0.4, 0.5) is 5.69 Å². The van der Waals surface area contributed by atoms with Gasteiger partial charge in [0.1, 0.15) is 0 Å². The molecule has 3 aromatic carbocycles. The Bertz CT molecular complexity index is 1130. The quantitative estimate of drug-likeness (QED) is 0.394. The molecule has 0 atom stereocenters. The maximum absolute atomic E-state index is 13.0. The number of nitrogens with one attached hydrogen (secondary N) is 1. The van der Waals surface area contributed by atoms with Crippen molar-refractivity contribution in [3.8, 4) is 11.3 Å². The van der Waals surface area contributed by atoms with E-state index in [1.54, 1.807) is 12.1 Å². The maximum Gasteiger partial charge on any atom is 0.256 e. The van der Waals surface area contributed by atoms with Crippen LogP contribution < -0.4 is 5.32 Å². The number of hydrogen-bond acceptors (Lipinski definition) is 2. The lowest BCUT2D eigenvalue weighted by molar-refractivity contribution is 0.102. The Hall–Kier alpha value is -2.69. The summed E-state index contributed by atoms with van der Waals surface area (Å²) in [6.45, 7) is 0. The molecule has 132 valence electrons. The molecule has 1 aromatic heterocycles. The summed E-state index contributed by atoms with van der Waals surface area (Å²) in [6, 6.07) is 24.4. The Balaban J connectivity index is 1.82. The molecule has 0 saturated carbocycles. The number of aromatic nitrogens is 1. The summed E-state index contributed by atoms with van der Waals surface area (Å²) < 4.78 is 0.952. The summed E-state index contributed by atoms with van der Waals surface area (Å²) >= 11 is 9.56. The zero-order chi connectivity index (χ0) is 18.8. The van der Waals surface area contributed by atoms with Crippen LogP contribution in [0.25, 0.3) is 22.2 Å². The molecule has 1 N–H and O–H groups in total. The van der Waals surface area contributed by atoms with Crippen molar-refractivity contribution < 1.29 is 4.79 Å². The van der Waals surface area contributed by atoms with E-state index in [-0.39, 0.29) is 5.91 Å². The third kappa shape index (κ3) is 3.87. The average molecular weight is 438 g/mol. The second kappa shape index (κ2) is 7.51. The molecule has 0 spiro atoms. The Morgan fingerprint density at radius 2 is 1.67 bits per heavy atom. The van der Waals surface area contributed by atoms with Crippen LogP contribution in [0.1, 0.15) is 10.4 Å². The van der Waals surface area contributed by atoms with Crippen molar-refractivity contribution in [3.05, 3.63) is 93.9 Å². The highest BCUT2D eigenvalue weighted by Crippen LogP contribution is 2.28. The average Bonchev–Trinajstić information content (AvgIpc) is 2.69. The van der Waals surface area contributed by atoms with Gasteiger partial charge in [0.25, 0.3) is 5.91 Å². The fraction of sp³-hybridized carbons (Fsp3) is 0. The molecule has 3 nitrogen and oxygen atoms in total. The molecule has 0 unspecified atom stereocenters. The molecule has 0 saturated heterocycles. The molecule has 1 heterocycles. The molecule has 0 fully saturated rings. The zero-order valence-corrected chi connectivity index (χ0v) is 16.5. The highest BCUT2D eigenvalue weighted by molar-refractivity contribution is 9.10. The van der Waals surface area contributed by atoms with Gasteiger partial charge in [-0.2, -0.15) is 0 Å². The highest BCUT2D eigenvalue weighted by atomic mass is 79.9. The summed E-state index contributed by atoms with van der Waals surface area (Å²) in [6.07, 6.45) is 0. The minimum atomic E-state index is -0.204. The van der Waals surface area contributed by atoms with Gasteiger partial charge in [-0.15, -0.1) is 0 Å². The van der Waals surface area contributed by atoms with E-state index in [0.29, 0.717) is 10.6 Å². The minimum Gasteiger partial charge on any atom is -0.322 e. The van der Waals surface area contributed by atoms with Crippen molar-refractivity contribution in [2.24, 2.45) is 0 Å². The van der Waals surface area contributed by atoms with Crippen molar-refractivity contribution in [3.63, 3.8) is 0 Å². The number of halogens is 2. The molecular weight excluding hydrogens is 424 g/mol. The third-order valence-corrected chi connectivity index (χ3v) is 4.95. The number of amides is 1. The lowest BCUT2D eigenvalue weighted by Crippen LogP contribution is -2.13. The fourth-order valence-electron chi connectivity index (χ4n) is 2.87. The molecule has 0 radical (unpaired) electrons. The number of hydrogen-bond donors (Lipinski definition) is 1. The summed E-state index contributed by atoms with van der Waals surface area (Å²) in [5, 5.41) is 4.23. The summed E-state index contributed by atoms with van der Waals surface area (Å²) in [4.78, 5) is 17.7. The van der Waals surface area contributed by atoms with Crippen LogP contribution >= 0.6 is 27.5 Å². The predicted octanol–water partition coefficient (Wildman–Crippen LogP) is 6.57. The smallest absolute Gasteiger partial charge is 0.256 e. The Kier molecular flexibility index (Phi) is 4.92. The number of benzene rings is 3. The summed E-state index contributed by atoms with van der Waals surface area (Å²) in [5.74, 6) is -0.204. The largest absolute Gasteiger partial charge is 0.322 e. The molecule has 4 aromatic rings. The summed E-state index contributed by atoms with van der Waals surface area (Å²) in [5.41, 5.74) is 3.67. The molecule has 0 aliphatic carbocycles. The van der Waals surface area contributed by atoms with Crippen molar-refractivity contribution in [1.29, 1.82) is 0 Å². The van der Waals surface area contributed by atoms with Crippen molar-refractivity contribution >= 4 is 50.0 Å². The molecule has 27 heavy (non-hydrogen) atoms. The van der Waals surface area contributed by atoms with Gasteiger partial charge in [0.15, 0.2) is 0 Å². The van der Waals surface area contributed by atoms with Gasteiger partial charge in [0, 0.05) is 26.1 Å². The molecule has 0 bridgehead atoms.